The van der Waals surface area contributed by atoms with Gasteiger partial charge in [0.2, 0.25) is 0 Å². The largest absolute Gasteiger partial charge is 0.381 e. The Bertz CT molecular complexity index is 391. The molecular weight excluding hydrogens is 246 g/mol. The van der Waals surface area contributed by atoms with Crippen LogP contribution in [0.1, 0.15) is 18.4 Å². The van der Waals surface area contributed by atoms with Gasteiger partial charge in [-0.05, 0) is 54.7 Å². The molecule has 1 heterocycles. The standard InChI is InChI=1S/C15H20ClNO/c16-13-3-1-10(2-4-13)5-15-11-6-14(17)7-12(15)9-18-8-11/h1-4,11-12,14-15H,5-9,17H2. The highest BCUT2D eigenvalue weighted by Gasteiger charge is 2.39. The molecule has 0 radical (unpaired) electrons. The summed E-state index contributed by atoms with van der Waals surface area (Å²) in [7, 11) is 0. The zero-order chi connectivity index (χ0) is 12.5. The molecule has 2 nitrogen and oxygen atoms in total. The lowest BCUT2D eigenvalue weighted by atomic mass is 9.67. The maximum Gasteiger partial charge on any atom is 0.0497 e. The molecule has 2 fully saturated rings. The first-order valence-electron chi connectivity index (χ1n) is 6.80. The fourth-order valence-corrected chi connectivity index (χ4v) is 3.71. The van der Waals surface area contributed by atoms with Crippen molar-refractivity contribution in [3.05, 3.63) is 34.9 Å². The van der Waals surface area contributed by atoms with Gasteiger partial charge in [-0.25, -0.2) is 0 Å². The van der Waals surface area contributed by atoms with Gasteiger partial charge in [0.25, 0.3) is 0 Å². The SMILES string of the molecule is NC1CC2COCC(C1)C2Cc1ccc(Cl)cc1. The number of fused-ring (bicyclic) bond motifs is 2. The molecule has 18 heavy (non-hydrogen) atoms. The molecule has 0 aromatic heterocycles. The Morgan fingerprint density at radius 3 is 2.33 bits per heavy atom. The van der Waals surface area contributed by atoms with Gasteiger partial charge < -0.3 is 10.5 Å². The van der Waals surface area contributed by atoms with Crippen molar-refractivity contribution in [1.29, 1.82) is 0 Å². The zero-order valence-corrected chi connectivity index (χ0v) is 11.3. The van der Waals surface area contributed by atoms with Crippen molar-refractivity contribution < 1.29 is 4.74 Å². The summed E-state index contributed by atoms with van der Waals surface area (Å²) in [5, 5.41) is 0.813. The molecule has 1 aromatic rings. The molecule has 1 aromatic carbocycles. The predicted molar refractivity (Wildman–Crippen MR) is 73.7 cm³/mol. The Balaban J connectivity index is 1.73. The Kier molecular flexibility index (Phi) is 3.60. The lowest BCUT2D eigenvalue weighted by Gasteiger charge is -2.44. The van der Waals surface area contributed by atoms with Gasteiger partial charge in [0.15, 0.2) is 0 Å². The van der Waals surface area contributed by atoms with Gasteiger partial charge in [0.05, 0.1) is 0 Å². The second-order valence-corrected chi connectivity index (χ2v) is 6.22. The topological polar surface area (TPSA) is 35.2 Å². The average Bonchev–Trinajstić information content (AvgIpc) is 2.33. The number of ether oxygens (including phenoxy) is 1. The van der Waals surface area contributed by atoms with E-state index in [0.29, 0.717) is 17.9 Å². The second-order valence-electron chi connectivity index (χ2n) is 5.78. The molecule has 0 spiro atoms. The molecule has 1 saturated carbocycles. The number of nitrogens with two attached hydrogens (primary N) is 1. The van der Waals surface area contributed by atoms with Crippen LogP contribution >= 0.6 is 11.6 Å². The molecule has 3 rings (SSSR count). The molecule has 2 N–H and O–H groups in total. The maximum atomic E-state index is 6.13. The lowest BCUT2D eigenvalue weighted by molar-refractivity contribution is -0.0602. The molecule has 2 atom stereocenters. The van der Waals surface area contributed by atoms with E-state index in [4.69, 9.17) is 22.1 Å². The summed E-state index contributed by atoms with van der Waals surface area (Å²) in [4.78, 5) is 0. The smallest absolute Gasteiger partial charge is 0.0497 e. The van der Waals surface area contributed by atoms with Crippen LogP contribution in [0.3, 0.4) is 0 Å². The van der Waals surface area contributed by atoms with Crippen molar-refractivity contribution in [1.82, 2.24) is 0 Å². The highest BCUT2D eigenvalue weighted by atomic mass is 35.5. The highest BCUT2D eigenvalue weighted by Crippen LogP contribution is 2.40. The van der Waals surface area contributed by atoms with Gasteiger partial charge in [-0.15, -0.1) is 0 Å². The minimum absolute atomic E-state index is 0.380. The Morgan fingerprint density at radius 2 is 1.72 bits per heavy atom. The van der Waals surface area contributed by atoms with Gasteiger partial charge in [-0.3, -0.25) is 0 Å². The highest BCUT2D eigenvalue weighted by molar-refractivity contribution is 6.30. The van der Waals surface area contributed by atoms with E-state index in [1.165, 1.54) is 5.56 Å². The molecule has 3 heteroatoms. The number of halogens is 1. The van der Waals surface area contributed by atoms with E-state index in [1.54, 1.807) is 0 Å². The van der Waals surface area contributed by atoms with E-state index in [2.05, 4.69) is 12.1 Å². The summed E-state index contributed by atoms with van der Waals surface area (Å²) in [6, 6.07) is 8.64. The van der Waals surface area contributed by atoms with Crippen LogP contribution in [0.5, 0.6) is 0 Å². The van der Waals surface area contributed by atoms with Crippen LogP contribution in [0.2, 0.25) is 5.02 Å². The lowest BCUT2D eigenvalue weighted by Crippen LogP contribution is -2.47. The minimum Gasteiger partial charge on any atom is -0.381 e. The molecule has 1 saturated heterocycles. The summed E-state index contributed by atoms with van der Waals surface area (Å²) in [6.45, 7) is 1.78. The monoisotopic (exact) mass is 265 g/mol. The van der Waals surface area contributed by atoms with Crippen LogP contribution < -0.4 is 5.73 Å². The third-order valence-corrected chi connectivity index (χ3v) is 4.72. The molecule has 1 aliphatic heterocycles. The molecule has 2 bridgehead atoms. The van der Waals surface area contributed by atoms with Crippen molar-refractivity contribution in [2.45, 2.75) is 25.3 Å². The van der Waals surface area contributed by atoms with Gasteiger partial charge in [0.1, 0.15) is 0 Å². The van der Waals surface area contributed by atoms with Crippen molar-refractivity contribution in [3.63, 3.8) is 0 Å². The Morgan fingerprint density at radius 1 is 1.11 bits per heavy atom. The van der Waals surface area contributed by atoms with Gasteiger partial charge in [-0.1, -0.05) is 23.7 Å². The van der Waals surface area contributed by atoms with Crippen LogP contribution in [0.15, 0.2) is 24.3 Å². The summed E-state index contributed by atoms with van der Waals surface area (Å²) >= 11 is 5.93. The Hall–Kier alpha value is -0.570. The number of rotatable bonds is 2. The first-order valence-corrected chi connectivity index (χ1v) is 7.18. The molecule has 2 unspecified atom stereocenters. The van der Waals surface area contributed by atoms with Crippen molar-refractivity contribution in [2.24, 2.45) is 23.5 Å². The van der Waals surface area contributed by atoms with Crippen molar-refractivity contribution in [3.8, 4) is 0 Å². The van der Waals surface area contributed by atoms with Gasteiger partial charge >= 0.3 is 0 Å². The number of hydrogen-bond acceptors (Lipinski definition) is 2. The predicted octanol–water partition coefficient (Wildman–Crippen LogP) is 2.88. The van der Waals surface area contributed by atoms with Gasteiger partial charge in [0, 0.05) is 24.3 Å². The van der Waals surface area contributed by atoms with Gasteiger partial charge in [-0.2, -0.15) is 0 Å². The van der Waals surface area contributed by atoms with E-state index >= 15 is 0 Å². The average molecular weight is 266 g/mol. The molecule has 98 valence electrons. The first-order chi connectivity index (χ1) is 8.72. The fraction of sp³-hybridized carbons (Fsp3) is 0.600. The van der Waals surface area contributed by atoms with Crippen LogP contribution in [0.4, 0.5) is 0 Å². The van der Waals surface area contributed by atoms with E-state index in [1.807, 2.05) is 12.1 Å². The zero-order valence-electron chi connectivity index (χ0n) is 10.5. The van der Waals surface area contributed by atoms with E-state index < -0.39 is 0 Å². The van der Waals surface area contributed by atoms with Crippen LogP contribution in [0.25, 0.3) is 0 Å². The molecule has 2 aliphatic rings. The van der Waals surface area contributed by atoms with Crippen LogP contribution in [0, 0.1) is 17.8 Å². The second kappa shape index (κ2) is 5.20. The van der Waals surface area contributed by atoms with E-state index in [-0.39, 0.29) is 0 Å². The van der Waals surface area contributed by atoms with Crippen molar-refractivity contribution >= 4 is 11.6 Å². The third-order valence-electron chi connectivity index (χ3n) is 4.47. The number of hydrogen-bond donors (Lipinski definition) is 1. The maximum absolute atomic E-state index is 6.13. The molecular formula is C15H20ClNO. The summed E-state index contributed by atoms with van der Waals surface area (Å²) in [5.74, 6) is 2.02. The number of benzene rings is 1. The van der Waals surface area contributed by atoms with Crippen molar-refractivity contribution in [2.75, 3.05) is 13.2 Å². The van der Waals surface area contributed by atoms with Crippen LogP contribution in [-0.2, 0) is 11.2 Å². The Labute approximate surface area is 113 Å². The summed E-state index contributed by atoms with van der Waals surface area (Å²) in [6.07, 6.45) is 3.38. The molecule has 0 amide bonds. The normalized spacial score (nSPS) is 35.4. The minimum atomic E-state index is 0.380. The van der Waals surface area contributed by atoms with Crippen LogP contribution in [-0.4, -0.2) is 19.3 Å². The molecule has 1 aliphatic carbocycles. The summed E-state index contributed by atoms with van der Waals surface area (Å²) in [5.41, 5.74) is 7.51. The summed E-state index contributed by atoms with van der Waals surface area (Å²) < 4.78 is 5.70. The van der Waals surface area contributed by atoms with E-state index in [0.717, 1.165) is 43.4 Å². The fourth-order valence-electron chi connectivity index (χ4n) is 3.59. The third kappa shape index (κ3) is 2.56. The first kappa shape index (κ1) is 12.5. The quantitative estimate of drug-likeness (QED) is 0.892. The van der Waals surface area contributed by atoms with E-state index in [9.17, 15) is 0 Å².